The lowest BCUT2D eigenvalue weighted by Gasteiger charge is -2.44. The van der Waals surface area contributed by atoms with Gasteiger partial charge in [-0.2, -0.15) is 9.78 Å². The van der Waals surface area contributed by atoms with Crippen molar-refractivity contribution >= 4 is 5.91 Å². The molecule has 8 nitrogen and oxygen atoms in total. The molecule has 19 heavy (non-hydrogen) atoms. The first-order valence-electron chi connectivity index (χ1n) is 6.42. The molecule has 1 saturated heterocycles. The van der Waals surface area contributed by atoms with Crippen LogP contribution in [0.25, 0.3) is 5.82 Å². The normalized spacial score (nSPS) is 25.2. The van der Waals surface area contributed by atoms with Gasteiger partial charge in [-0.1, -0.05) is 6.42 Å². The molecule has 98 valence electrons. The number of nitrogens with one attached hydrogen (secondary N) is 1. The Hall–Kier alpha value is -2.25. The number of fused-ring (bicyclic) bond motifs is 1. The van der Waals surface area contributed by atoms with E-state index in [1.807, 2.05) is 4.90 Å². The fourth-order valence-electron chi connectivity index (χ4n) is 3.08. The summed E-state index contributed by atoms with van der Waals surface area (Å²) in [6.45, 7) is 0.878. The molecule has 0 radical (unpaired) electrons. The Kier molecular flexibility index (Phi) is 2.17. The highest BCUT2D eigenvalue weighted by molar-refractivity contribution is 5.93. The fourth-order valence-corrected chi connectivity index (χ4v) is 3.08. The van der Waals surface area contributed by atoms with Crippen LogP contribution in [0, 0.1) is 5.92 Å². The molecule has 1 aliphatic heterocycles. The highest BCUT2D eigenvalue weighted by Gasteiger charge is 2.44. The van der Waals surface area contributed by atoms with Gasteiger partial charge in [-0.25, -0.2) is 0 Å². The van der Waals surface area contributed by atoms with Crippen molar-refractivity contribution in [3.63, 3.8) is 0 Å². The summed E-state index contributed by atoms with van der Waals surface area (Å²) in [6, 6.07) is 2.12. The number of carbonyl (C=O) groups excluding carboxylic acids is 1. The zero-order chi connectivity index (χ0) is 12.8. The molecule has 0 aromatic carbocycles. The van der Waals surface area contributed by atoms with E-state index in [9.17, 15) is 4.79 Å². The van der Waals surface area contributed by atoms with E-state index in [1.54, 1.807) is 6.07 Å². The highest BCUT2D eigenvalue weighted by atomic mass is 16.2. The number of nitrogens with zero attached hydrogens (tertiary/aromatic N) is 6. The molecule has 2 aliphatic rings. The van der Waals surface area contributed by atoms with Crippen LogP contribution < -0.4 is 0 Å². The summed E-state index contributed by atoms with van der Waals surface area (Å²) in [4.78, 5) is 14.3. The van der Waals surface area contributed by atoms with E-state index in [2.05, 4.69) is 25.7 Å². The average Bonchev–Trinajstić information content (AvgIpc) is 3.08. The minimum absolute atomic E-state index is 0.0231. The number of H-pyrrole nitrogens is 1. The molecule has 3 heterocycles. The Balaban J connectivity index is 1.55. The van der Waals surface area contributed by atoms with E-state index in [-0.39, 0.29) is 5.91 Å². The second-order valence-corrected chi connectivity index (χ2v) is 5.11. The van der Waals surface area contributed by atoms with Gasteiger partial charge in [0.1, 0.15) is 12.0 Å². The molecule has 1 saturated carbocycles. The lowest BCUT2D eigenvalue weighted by molar-refractivity contribution is 0.0263. The molecule has 2 atom stereocenters. The predicted octanol–water partition coefficient (Wildman–Crippen LogP) is 0.00990. The van der Waals surface area contributed by atoms with Gasteiger partial charge in [-0.05, 0) is 29.2 Å². The third-order valence-electron chi connectivity index (χ3n) is 4.09. The van der Waals surface area contributed by atoms with Crippen molar-refractivity contribution in [3.8, 4) is 5.82 Å². The Bertz CT molecular complexity index is 604. The Labute approximate surface area is 108 Å². The molecule has 8 heteroatoms. The molecule has 4 rings (SSSR count). The van der Waals surface area contributed by atoms with Crippen molar-refractivity contribution in [1.29, 1.82) is 0 Å². The monoisotopic (exact) mass is 259 g/mol. The van der Waals surface area contributed by atoms with Gasteiger partial charge in [0.05, 0.1) is 0 Å². The van der Waals surface area contributed by atoms with Crippen LogP contribution in [0.15, 0.2) is 12.4 Å². The van der Waals surface area contributed by atoms with Gasteiger partial charge in [0, 0.05) is 18.7 Å². The number of rotatable bonds is 2. The molecule has 0 bridgehead atoms. The van der Waals surface area contributed by atoms with E-state index >= 15 is 0 Å². The van der Waals surface area contributed by atoms with Gasteiger partial charge in [0.25, 0.3) is 5.91 Å². The van der Waals surface area contributed by atoms with Gasteiger partial charge in [-0.3, -0.25) is 9.89 Å². The zero-order valence-electron chi connectivity index (χ0n) is 10.2. The highest BCUT2D eigenvalue weighted by Crippen LogP contribution is 2.39. The minimum atomic E-state index is 0.0231. The molecule has 1 aliphatic carbocycles. The quantitative estimate of drug-likeness (QED) is 0.820. The van der Waals surface area contributed by atoms with Gasteiger partial charge >= 0.3 is 0 Å². The number of hydrogen-bond acceptors (Lipinski definition) is 5. The number of aromatic nitrogens is 6. The number of tetrazole rings is 1. The molecule has 2 fully saturated rings. The summed E-state index contributed by atoms with van der Waals surface area (Å²) in [6.07, 6.45) is 5.07. The Morgan fingerprint density at radius 1 is 1.42 bits per heavy atom. The van der Waals surface area contributed by atoms with Crippen molar-refractivity contribution in [2.75, 3.05) is 6.54 Å². The van der Waals surface area contributed by atoms with E-state index in [0.717, 1.165) is 13.0 Å². The SMILES string of the molecule is O=C(c1cc(-n2cnnn2)n[nH]1)N1C[C@@H]2CCC[C@@H]21. The first-order chi connectivity index (χ1) is 9.33. The lowest BCUT2D eigenvalue weighted by Crippen LogP contribution is -2.56. The second kappa shape index (κ2) is 3.87. The molecule has 2 aromatic heterocycles. The third kappa shape index (κ3) is 1.56. The topological polar surface area (TPSA) is 92.6 Å². The average molecular weight is 259 g/mol. The maximum absolute atomic E-state index is 12.3. The summed E-state index contributed by atoms with van der Waals surface area (Å²) in [5.74, 6) is 1.26. The molecule has 2 aromatic rings. The summed E-state index contributed by atoms with van der Waals surface area (Å²) in [5, 5.41) is 17.6. The number of aromatic amines is 1. The lowest BCUT2D eigenvalue weighted by atomic mass is 9.91. The summed E-state index contributed by atoms with van der Waals surface area (Å²) in [5.41, 5.74) is 0.496. The third-order valence-corrected chi connectivity index (χ3v) is 4.09. The van der Waals surface area contributed by atoms with Crippen LogP contribution in [-0.2, 0) is 0 Å². The van der Waals surface area contributed by atoms with Crippen LogP contribution >= 0.6 is 0 Å². The molecular formula is C11H13N7O. The second-order valence-electron chi connectivity index (χ2n) is 5.11. The molecule has 0 spiro atoms. The van der Waals surface area contributed by atoms with Crippen LogP contribution in [0.2, 0.25) is 0 Å². The van der Waals surface area contributed by atoms with E-state index < -0.39 is 0 Å². The molecule has 1 amide bonds. The van der Waals surface area contributed by atoms with E-state index in [1.165, 1.54) is 23.9 Å². The van der Waals surface area contributed by atoms with Gasteiger partial charge in [0.15, 0.2) is 5.82 Å². The van der Waals surface area contributed by atoms with Crippen molar-refractivity contribution in [2.45, 2.75) is 25.3 Å². The maximum Gasteiger partial charge on any atom is 0.272 e. The Morgan fingerprint density at radius 2 is 2.37 bits per heavy atom. The van der Waals surface area contributed by atoms with Crippen molar-refractivity contribution in [2.24, 2.45) is 5.92 Å². The number of hydrogen-bond donors (Lipinski definition) is 1. The first-order valence-corrected chi connectivity index (χ1v) is 6.42. The van der Waals surface area contributed by atoms with Gasteiger partial charge < -0.3 is 4.90 Å². The van der Waals surface area contributed by atoms with Crippen LogP contribution in [0.5, 0.6) is 0 Å². The summed E-state index contributed by atoms with van der Waals surface area (Å²) < 4.78 is 1.42. The van der Waals surface area contributed by atoms with Crippen LogP contribution in [0.4, 0.5) is 0 Å². The largest absolute Gasteiger partial charge is 0.334 e. The van der Waals surface area contributed by atoms with Gasteiger partial charge in [-0.15, -0.1) is 5.10 Å². The maximum atomic E-state index is 12.3. The van der Waals surface area contributed by atoms with Crippen LogP contribution in [0.3, 0.4) is 0 Å². The standard InChI is InChI=1S/C11H13N7O/c19-11(17-5-7-2-1-3-9(7)17)8-4-10(14-13-8)18-6-12-15-16-18/h4,6-7,9H,1-3,5H2,(H,13,14)/t7-,9-/m0/s1. The molecular weight excluding hydrogens is 246 g/mol. The number of carbonyl (C=O) groups is 1. The number of likely N-dealkylation sites (tertiary alicyclic amines) is 1. The minimum Gasteiger partial charge on any atom is -0.334 e. The zero-order valence-corrected chi connectivity index (χ0v) is 10.2. The summed E-state index contributed by atoms with van der Waals surface area (Å²) in [7, 11) is 0. The van der Waals surface area contributed by atoms with E-state index in [4.69, 9.17) is 0 Å². The van der Waals surface area contributed by atoms with Gasteiger partial charge in [0.2, 0.25) is 0 Å². The molecule has 1 N–H and O–H groups in total. The van der Waals surface area contributed by atoms with Crippen molar-refractivity contribution in [3.05, 3.63) is 18.1 Å². The molecule has 0 unspecified atom stereocenters. The summed E-state index contributed by atoms with van der Waals surface area (Å²) >= 11 is 0. The number of amides is 1. The fraction of sp³-hybridized carbons (Fsp3) is 0.545. The van der Waals surface area contributed by atoms with Crippen LogP contribution in [0.1, 0.15) is 29.8 Å². The predicted molar refractivity (Wildman–Crippen MR) is 63.5 cm³/mol. The van der Waals surface area contributed by atoms with Crippen LogP contribution in [-0.4, -0.2) is 53.8 Å². The van der Waals surface area contributed by atoms with Crippen molar-refractivity contribution in [1.82, 2.24) is 35.3 Å². The smallest absolute Gasteiger partial charge is 0.272 e. The van der Waals surface area contributed by atoms with Crippen molar-refractivity contribution < 1.29 is 4.79 Å². The Morgan fingerprint density at radius 3 is 3.16 bits per heavy atom. The first kappa shape index (κ1) is 10.7. The van der Waals surface area contributed by atoms with E-state index in [0.29, 0.717) is 23.5 Å².